The molecule has 7 heteroatoms. The van der Waals surface area contributed by atoms with Gasteiger partial charge in [0.05, 0.1) is 0 Å². The van der Waals surface area contributed by atoms with Gasteiger partial charge in [0.25, 0.3) is 10.0 Å². The molecule has 0 atom stereocenters. The molecule has 0 aromatic rings. The van der Waals surface area contributed by atoms with Gasteiger partial charge in [-0.15, -0.1) is 0 Å². The van der Waals surface area contributed by atoms with Crippen molar-refractivity contribution in [3.63, 3.8) is 0 Å². The Hall–Kier alpha value is -0.270. The Morgan fingerprint density at radius 3 is 2.31 bits per heavy atom. The minimum atomic E-state index is -4.45. The minimum Gasteiger partial charge on any atom is -0.330 e. The van der Waals surface area contributed by atoms with Gasteiger partial charge < -0.3 is 5.73 Å². The highest BCUT2D eigenvalue weighted by molar-refractivity contribution is 7.89. The van der Waals surface area contributed by atoms with Crippen molar-refractivity contribution in [2.75, 3.05) is 13.1 Å². The lowest BCUT2D eigenvalue weighted by molar-refractivity contribution is 0.208. The normalized spacial score (nSPS) is 18.8. The van der Waals surface area contributed by atoms with E-state index in [2.05, 4.69) is 0 Å². The summed E-state index contributed by atoms with van der Waals surface area (Å²) in [6.45, 7) is 0.413. The second kappa shape index (κ2) is 5.88. The summed E-state index contributed by atoms with van der Waals surface area (Å²) in [7, 11) is -4.45. The molecule has 0 aliphatic heterocycles. The predicted molar refractivity (Wildman–Crippen MR) is 57.6 cm³/mol. The summed E-state index contributed by atoms with van der Waals surface area (Å²) in [6.07, 6.45) is 3.58. The van der Waals surface area contributed by atoms with Crippen LogP contribution in [-0.2, 0) is 10.0 Å². The molecule has 0 amide bonds. The molecule has 0 aromatic heterocycles. The second-order valence-electron chi connectivity index (χ2n) is 4.00. The van der Waals surface area contributed by atoms with Gasteiger partial charge in [0.2, 0.25) is 0 Å². The number of rotatable bonds is 6. The average Bonchev–Trinajstić information content (AvgIpc) is 2.71. The van der Waals surface area contributed by atoms with E-state index in [-0.39, 0.29) is 12.6 Å². The topological polar surface area (TPSA) is 63.4 Å². The lowest BCUT2D eigenvalue weighted by Gasteiger charge is -2.27. The third-order valence-electron chi connectivity index (χ3n) is 2.87. The summed E-state index contributed by atoms with van der Waals surface area (Å²) >= 11 is 0. The molecule has 0 unspecified atom stereocenters. The lowest BCUT2D eigenvalue weighted by atomic mass is 10.2. The Kier molecular flexibility index (Phi) is 5.07. The number of halogens is 2. The first-order valence-corrected chi connectivity index (χ1v) is 6.99. The molecule has 1 aliphatic rings. The molecule has 4 nitrogen and oxygen atoms in total. The number of alkyl halides is 2. The van der Waals surface area contributed by atoms with Crippen molar-refractivity contribution in [1.29, 1.82) is 0 Å². The molecule has 16 heavy (non-hydrogen) atoms. The van der Waals surface area contributed by atoms with Crippen LogP contribution in [0.2, 0.25) is 0 Å². The van der Waals surface area contributed by atoms with Crippen LogP contribution in [0.1, 0.15) is 32.1 Å². The van der Waals surface area contributed by atoms with Crippen LogP contribution in [-0.4, -0.2) is 37.6 Å². The Balaban J connectivity index is 2.77. The molecule has 1 fully saturated rings. The number of nitrogens with two attached hydrogens (primary N) is 1. The molecular weight excluding hydrogens is 238 g/mol. The highest BCUT2D eigenvalue weighted by Gasteiger charge is 2.37. The highest BCUT2D eigenvalue weighted by Crippen LogP contribution is 2.27. The fraction of sp³-hybridized carbons (Fsp3) is 1.00. The number of hydrogen-bond acceptors (Lipinski definition) is 3. The van der Waals surface area contributed by atoms with Gasteiger partial charge in [0.15, 0.2) is 0 Å². The zero-order chi connectivity index (χ0) is 12.2. The van der Waals surface area contributed by atoms with Crippen LogP contribution in [0.3, 0.4) is 0 Å². The van der Waals surface area contributed by atoms with Gasteiger partial charge in [-0.3, -0.25) is 0 Å². The van der Waals surface area contributed by atoms with Gasteiger partial charge in [-0.2, -0.15) is 13.1 Å². The molecule has 0 heterocycles. The molecule has 2 N–H and O–H groups in total. The van der Waals surface area contributed by atoms with Crippen molar-refractivity contribution < 1.29 is 17.2 Å². The van der Waals surface area contributed by atoms with Crippen LogP contribution in [0.4, 0.5) is 8.78 Å². The molecule has 0 radical (unpaired) electrons. The Morgan fingerprint density at radius 1 is 1.31 bits per heavy atom. The Morgan fingerprint density at radius 2 is 1.88 bits per heavy atom. The molecular formula is C9H18F2N2O2S. The van der Waals surface area contributed by atoms with E-state index < -0.39 is 15.8 Å². The summed E-state index contributed by atoms with van der Waals surface area (Å²) in [5, 5.41) is 0. The van der Waals surface area contributed by atoms with E-state index in [1.807, 2.05) is 0 Å². The standard InChI is InChI=1S/C9H18F2N2O2S/c10-9(11)16(14,15)13(7-3-6-12)8-4-1-2-5-8/h8-9H,1-7,12H2. The molecule has 0 spiro atoms. The average molecular weight is 256 g/mol. The minimum absolute atomic E-state index is 0.105. The van der Waals surface area contributed by atoms with Crippen LogP contribution < -0.4 is 5.73 Å². The second-order valence-corrected chi connectivity index (χ2v) is 5.85. The summed E-state index contributed by atoms with van der Waals surface area (Å²) in [5.74, 6) is -3.33. The largest absolute Gasteiger partial charge is 0.350 e. The van der Waals surface area contributed by atoms with Gasteiger partial charge in [-0.25, -0.2) is 8.42 Å². The van der Waals surface area contributed by atoms with E-state index in [9.17, 15) is 17.2 Å². The molecule has 0 aromatic carbocycles. The maximum Gasteiger partial charge on any atom is 0.350 e. The van der Waals surface area contributed by atoms with Crippen LogP contribution in [0.5, 0.6) is 0 Å². The monoisotopic (exact) mass is 256 g/mol. The SMILES string of the molecule is NCCCN(C1CCCC1)S(=O)(=O)C(F)F. The van der Waals surface area contributed by atoms with E-state index in [1.165, 1.54) is 0 Å². The van der Waals surface area contributed by atoms with E-state index in [0.717, 1.165) is 17.1 Å². The molecule has 0 bridgehead atoms. The van der Waals surface area contributed by atoms with Gasteiger partial charge >= 0.3 is 5.76 Å². The van der Waals surface area contributed by atoms with Crippen molar-refractivity contribution >= 4 is 10.0 Å². The third kappa shape index (κ3) is 3.11. The van der Waals surface area contributed by atoms with Gasteiger partial charge in [-0.05, 0) is 25.8 Å². The fourth-order valence-electron chi connectivity index (χ4n) is 2.06. The predicted octanol–water partition coefficient (Wildman–Crippen LogP) is 1.13. The van der Waals surface area contributed by atoms with Crippen LogP contribution >= 0.6 is 0 Å². The van der Waals surface area contributed by atoms with Crippen molar-refractivity contribution in [2.24, 2.45) is 5.73 Å². The molecule has 0 saturated heterocycles. The van der Waals surface area contributed by atoms with E-state index in [1.54, 1.807) is 0 Å². The molecule has 1 rings (SSSR count). The van der Waals surface area contributed by atoms with Gasteiger partial charge in [0.1, 0.15) is 0 Å². The molecule has 1 aliphatic carbocycles. The Labute approximate surface area is 94.8 Å². The first-order chi connectivity index (χ1) is 7.50. The number of hydrogen-bond donors (Lipinski definition) is 1. The number of sulfonamides is 1. The van der Waals surface area contributed by atoms with E-state index in [4.69, 9.17) is 5.73 Å². The third-order valence-corrected chi connectivity index (χ3v) is 4.45. The van der Waals surface area contributed by atoms with Gasteiger partial charge in [-0.1, -0.05) is 12.8 Å². The maximum absolute atomic E-state index is 12.5. The maximum atomic E-state index is 12.5. The zero-order valence-corrected chi connectivity index (χ0v) is 9.93. The van der Waals surface area contributed by atoms with Crippen molar-refractivity contribution in [3.05, 3.63) is 0 Å². The summed E-state index contributed by atoms with van der Waals surface area (Å²) < 4.78 is 48.8. The van der Waals surface area contributed by atoms with Crippen molar-refractivity contribution in [1.82, 2.24) is 4.31 Å². The van der Waals surface area contributed by atoms with E-state index in [0.29, 0.717) is 25.8 Å². The first-order valence-electron chi connectivity index (χ1n) is 5.49. The highest BCUT2D eigenvalue weighted by atomic mass is 32.2. The van der Waals surface area contributed by atoms with Crippen LogP contribution in [0, 0.1) is 0 Å². The van der Waals surface area contributed by atoms with Crippen molar-refractivity contribution in [2.45, 2.75) is 43.9 Å². The summed E-state index contributed by atoms with van der Waals surface area (Å²) in [4.78, 5) is 0. The fourth-order valence-corrected chi connectivity index (χ4v) is 3.27. The first kappa shape index (κ1) is 13.8. The zero-order valence-electron chi connectivity index (χ0n) is 9.11. The summed E-state index contributed by atoms with van der Waals surface area (Å²) in [6, 6.07) is -0.259. The van der Waals surface area contributed by atoms with Crippen molar-refractivity contribution in [3.8, 4) is 0 Å². The molecule has 1 saturated carbocycles. The van der Waals surface area contributed by atoms with Gasteiger partial charge in [0, 0.05) is 12.6 Å². The van der Waals surface area contributed by atoms with Crippen LogP contribution in [0.25, 0.3) is 0 Å². The lowest BCUT2D eigenvalue weighted by Crippen LogP contribution is -2.42. The van der Waals surface area contributed by atoms with Crippen LogP contribution in [0.15, 0.2) is 0 Å². The Bertz CT molecular complexity index is 303. The quantitative estimate of drug-likeness (QED) is 0.775. The van der Waals surface area contributed by atoms with E-state index >= 15 is 0 Å². The summed E-state index contributed by atoms with van der Waals surface area (Å²) in [5.41, 5.74) is 5.29. The smallest absolute Gasteiger partial charge is 0.330 e. The molecule has 96 valence electrons. The number of nitrogens with zero attached hydrogens (tertiary/aromatic N) is 1.